The molecule has 1 aliphatic heterocycles. The molecular formula is C21H27ClN4O. The van der Waals surface area contributed by atoms with E-state index in [1.807, 2.05) is 24.3 Å². The number of hydrogen-bond acceptors (Lipinski definition) is 3. The quantitative estimate of drug-likeness (QED) is 0.591. The number of nitrogens with one attached hydrogen (secondary N) is 2. The fourth-order valence-corrected chi connectivity index (χ4v) is 3.33. The summed E-state index contributed by atoms with van der Waals surface area (Å²) in [4.78, 5) is 6.76. The van der Waals surface area contributed by atoms with Crippen LogP contribution in [-0.2, 0) is 24.4 Å². The minimum atomic E-state index is 0.676. The fourth-order valence-electron chi connectivity index (χ4n) is 3.12. The molecule has 1 saturated heterocycles. The molecule has 1 fully saturated rings. The van der Waals surface area contributed by atoms with Crippen LogP contribution in [0.25, 0.3) is 0 Å². The first kappa shape index (κ1) is 19.7. The van der Waals surface area contributed by atoms with E-state index in [1.165, 1.54) is 11.1 Å². The van der Waals surface area contributed by atoms with Gasteiger partial charge < -0.3 is 15.4 Å². The van der Waals surface area contributed by atoms with Gasteiger partial charge in [0, 0.05) is 44.8 Å². The maximum absolute atomic E-state index is 6.05. The molecule has 0 spiro atoms. The Balaban J connectivity index is 1.54. The minimum Gasteiger partial charge on any atom is -0.379 e. The van der Waals surface area contributed by atoms with Crippen molar-refractivity contribution in [3.63, 3.8) is 0 Å². The van der Waals surface area contributed by atoms with Crippen LogP contribution in [0.3, 0.4) is 0 Å². The van der Waals surface area contributed by atoms with Crippen LogP contribution < -0.4 is 10.6 Å². The van der Waals surface area contributed by atoms with Gasteiger partial charge in [-0.15, -0.1) is 0 Å². The highest BCUT2D eigenvalue weighted by Crippen LogP contribution is 2.13. The van der Waals surface area contributed by atoms with Crippen molar-refractivity contribution < 1.29 is 4.74 Å². The molecule has 144 valence electrons. The molecule has 1 aliphatic rings. The van der Waals surface area contributed by atoms with Gasteiger partial charge in [-0.3, -0.25) is 9.89 Å². The molecule has 2 aromatic rings. The molecule has 0 radical (unpaired) electrons. The Kier molecular flexibility index (Phi) is 7.51. The van der Waals surface area contributed by atoms with E-state index in [9.17, 15) is 0 Å². The van der Waals surface area contributed by atoms with Crippen molar-refractivity contribution >= 4 is 17.6 Å². The Morgan fingerprint density at radius 2 is 1.78 bits per heavy atom. The molecule has 6 heteroatoms. The zero-order valence-corrected chi connectivity index (χ0v) is 16.5. The van der Waals surface area contributed by atoms with E-state index in [1.54, 1.807) is 7.05 Å². The third-order valence-corrected chi connectivity index (χ3v) is 4.87. The summed E-state index contributed by atoms with van der Waals surface area (Å²) in [5.74, 6) is 0.774. The number of benzene rings is 2. The molecule has 0 bridgehead atoms. The van der Waals surface area contributed by atoms with Crippen LogP contribution in [0.1, 0.15) is 16.7 Å². The van der Waals surface area contributed by atoms with Crippen LogP contribution in [0.4, 0.5) is 0 Å². The molecular weight excluding hydrogens is 360 g/mol. The summed E-state index contributed by atoms with van der Waals surface area (Å²) in [5, 5.41) is 7.49. The Bertz CT molecular complexity index is 759. The fraction of sp³-hybridized carbons (Fsp3) is 0.381. The summed E-state index contributed by atoms with van der Waals surface area (Å²) >= 11 is 6.05. The van der Waals surface area contributed by atoms with E-state index in [0.29, 0.717) is 6.54 Å². The lowest BCUT2D eigenvalue weighted by Gasteiger charge is -2.27. The monoisotopic (exact) mass is 386 g/mol. The van der Waals surface area contributed by atoms with Crippen LogP contribution in [0.2, 0.25) is 5.02 Å². The zero-order chi connectivity index (χ0) is 18.9. The number of rotatable bonds is 6. The molecule has 1 heterocycles. The van der Waals surface area contributed by atoms with Crippen molar-refractivity contribution in [2.24, 2.45) is 4.99 Å². The van der Waals surface area contributed by atoms with Gasteiger partial charge in [-0.1, -0.05) is 48.0 Å². The van der Waals surface area contributed by atoms with Crippen molar-refractivity contribution in [1.29, 1.82) is 0 Å². The molecule has 2 N–H and O–H groups in total. The molecule has 0 atom stereocenters. The topological polar surface area (TPSA) is 48.9 Å². The molecule has 3 rings (SSSR count). The maximum Gasteiger partial charge on any atom is 0.191 e. The van der Waals surface area contributed by atoms with E-state index < -0.39 is 0 Å². The molecule has 0 saturated carbocycles. The Morgan fingerprint density at radius 1 is 1.04 bits per heavy atom. The Labute approximate surface area is 166 Å². The number of ether oxygens (including phenoxy) is 1. The summed E-state index contributed by atoms with van der Waals surface area (Å²) in [6.45, 7) is 5.98. The highest BCUT2D eigenvalue weighted by Gasteiger charge is 2.12. The van der Waals surface area contributed by atoms with Gasteiger partial charge in [0.25, 0.3) is 0 Å². The van der Waals surface area contributed by atoms with Crippen LogP contribution >= 0.6 is 11.6 Å². The lowest BCUT2D eigenvalue weighted by molar-refractivity contribution is 0.0341. The van der Waals surface area contributed by atoms with Crippen molar-refractivity contribution in [3.05, 3.63) is 70.2 Å². The lowest BCUT2D eigenvalue weighted by Crippen LogP contribution is -2.37. The largest absolute Gasteiger partial charge is 0.379 e. The van der Waals surface area contributed by atoms with E-state index >= 15 is 0 Å². The van der Waals surface area contributed by atoms with Crippen molar-refractivity contribution in [2.75, 3.05) is 33.4 Å². The van der Waals surface area contributed by atoms with Crippen LogP contribution in [0.5, 0.6) is 0 Å². The van der Waals surface area contributed by atoms with Crippen LogP contribution in [-0.4, -0.2) is 44.2 Å². The third kappa shape index (κ3) is 6.24. The van der Waals surface area contributed by atoms with Gasteiger partial charge in [0.15, 0.2) is 5.96 Å². The number of nitrogens with zero attached hydrogens (tertiary/aromatic N) is 2. The van der Waals surface area contributed by atoms with E-state index in [4.69, 9.17) is 16.3 Å². The van der Waals surface area contributed by atoms with Gasteiger partial charge >= 0.3 is 0 Å². The Hall–Kier alpha value is -2.08. The second-order valence-electron chi connectivity index (χ2n) is 6.57. The normalized spacial score (nSPS) is 15.6. The first-order chi connectivity index (χ1) is 13.2. The first-order valence-corrected chi connectivity index (χ1v) is 9.68. The predicted molar refractivity (Wildman–Crippen MR) is 111 cm³/mol. The number of aliphatic imine (C=N–C) groups is 1. The number of hydrogen-bond donors (Lipinski definition) is 2. The summed E-state index contributed by atoms with van der Waals surface area (Å²) < 4.78 is 5.45. The summed E-state index contributed by atoms with van der Waals surface area (Å²) in [6.07, 6.45) is 0. The average molecular weight is 387 g/mol. The second-order valence-corrected chi connectivity index (χ2v) is 7.00. The summed E-state index contributed by atoms with van der Waals surface area (Å²) in [5.41, 5.74) is 3.75. The third-order valence-electron chi connectivity index (χ3n) is 4.63. The molecule has 0 aliphatic carbocycles. The second kappa shape index (κ2) is 10.3. The van der Waals surface area contributed by atoms with Gasteiger partial charge in [-0.05, 0) is 28.8 Å². The van der Waals surface area contributed by atoms with E-state index in [-0.39, 0.29) is 0 Å². The summed E-state index contributed by atoms with van der Waals surface area (Å²) in [6, 6.07) is 16.4. The zero-order valence-electron chi connectivity index (χ0n) is 15.7. The van der Waals surface area contributed by atoms with Gasteiger partial charge in [-0.2, -0.15) is 0 Å². The average Bonchev–Trinajstić information content (AvgIpc) is 2.70. The highest BCUT2D eigenvalue weighted by molar-refractivity contribution is 6.30. The van der Waals surface area contributed by atoms with Crippen molar-refractivity contribution in [2.45, 2.75) is 19.6 Å². The minimum absolute atomic E-state index is 0.676. The number of morpholine rings is 1. The molecule has 5 nitrogen and oxygen atoms in total. The summed E-state index contributed by atoms with van der Waals surface area (Å²) in [7, 11) is 1.78. The van der Waals surface area contributed by atoms with E-state index in [0.717, 1.165) is 55.9 Å². The van der Waals surface area contributed by atoms with E-state index in [2.05, 4.69) is 44.8 Å². The van der Waals surface area contributed by atoms with Crippen molar-refractivity contribution in [3.8, 4) is 0 Å². The number of guanidine groups is 1. The van der Waals surface area contributed by atoms with Gasteiger partial charge in [0.05, 0.1) is 13.2 Å². The maximum atomic E-state index is 6.05. The standard InChI is InChI=1S/C21H27ClN4O/c1-23-21(24-14-17-5-4-8-20(22)13-17)25-15-18-6-2-3-7-19(18)16-26-9-11-27-12-10-26/h2-8,13H,9-12,14-16H2,1H3,(H2,23,24,25). The van der Waals surface area contributed by atoms with Gasteiger partial charge in [0.1, 0.15) is 0 Å². The molecule has 0 amide bonds. The van der Waals surface area contributed by atoms with Crippen LogP contribution in [0, 0.1) is 0 Å². The highest BCUT2D eigenvalue weighted by atomic mass is 35.5. The molecule has 27 heavy (non-hydrogen) atoms. The lowest BCUT2D eigenvalue weighted by atomic mass is 10.1. The smallest absolute Gasteiger partial charge is 0.191 e. The molecule has 0 aromatic heterocycles. The van der Waals surface area contributed by atoms with Crippen LogP contribution in [0.15, 0.2) is 53.5 Å². The number of halogens is 1. The Morgan fingerprint density at radius 3 is 2.52 bits per heavy atom. The first-order valence-electron chi connectivity index (χ1n) is 9.30. The molecule has 2 aromatic carbocycles. The predicted octanol–water partition coefficient (Wildman–Crippen LogP) is 3.04. The van der Waals surface area contributed by atoms with Gasteiger partial charge in [0.2, 0.25) is 0 Å². The SMILES string of the molecule is CN=C(NCc1cccc(Cl)c1)NCc1ccccc1CN1CCOCC1. The van der Waals surface area contributed by atoms with Crippen molar-refractivity contribution in [1.82, 2.24) is 15.5 Å². The van der Waals surface area contributed by atoms with Gasteiger partial charge in [-0.25, -0.2) is 0 Å². The molecule has 0 unspecified atom stereocenters.